The minimum Gasteiger partial charge on any atom is -0.331 e. The molecule has 0 spiro atoms. The average molecular weight is 345 g/mol. The summed E-state index contributed by atoms with van der Waals surface area (Å²) in [6, 6.07) is 0. The molecule has 0 saturated carbocycles. The molecule has 2 aliphatic heterocycles. The molecule has 2 aliphatic rings. The third-order valence-corrected chi connectivity index (χ3v) is 4.91. The standard InChI is InChI=1S/C20H32N4O/c1-4-17(9-8-14-23-12-6-7-13-23)10-15-24-16-11-19(25)22-18(5-2)20(24)21-3/h5,8-9,11,16-17H,4,6-7,10,12-15H2,1-3H3,(H,22,25)/b9-8+,18-5+,21-20?. The second-order valence-electron chi connectivity index (χ2n) is 6.64. The zero-order chi connectivity index (χ0) is 18.1. The number of carbonyl (C=O) groups is 1. The van der Waals surface area contributed by atoms with Crippen LogP contribution < -0.4 is 5.32 Å². The zero-order valence-corrected chi connectivity index (χ0v) is 15.9. The number of hydrogen-bond acceptors (Lipinski definition) is 3. The number of rotatable bonds is 7. The Morgan fingerprint density at radius 1 is 1.36 bits per heavy atom. The number of nitrogens with one attached hydrogen (secondary N) is 1. The quantitative estimate of drug-likeness (QED) is 0.723. The van der Waals surface area contributed by atoms with E-state index >= 15 is 0 Å². The fourth-order valence-corrected chi connectivity index (χ4v) is 3.35. The summed E-state index contributed by atoms with van der Waals surface area (Å²) in [7, 11) is 1.77. The highest BCUT2D eigenvalue weighted by atomic mass is 16.1. The molecule has 0 bridgehead atoms. The summed E-state index contributed by atoms with van der Waals surface area (Å²) in [5.74, 6) is 1.27. The number of allylic oxidation sites excluding steroid dienone is 2. The van der Waals surface area contributed by atoms with E-state index < -0.39 is 0 Å². The number of carbonyl (C=O) groups excluding carboxylic acids is 1. The Hall–Kier alpha value is -1.88. The van der Waals surface area contributed by atoms with Gasteiger partial charge in [0.2, 0.25) is 5.91 Å². The van der Waals surface area contributed by atoms with E-state index in [0.717, 1.165) is 37.5 Å². The number of nitrogens with zero attached hydrogens (tertiary/aromatic N) is 3. The molecule has 2 rings (SSSR count). The smallest absolute Gasteiger partial charge is 0.249 e. The van der Waals surface area contributed by atoms with E-state index in [-0.39, 0.29) is 5.91 Å². The van der Waals surface area contributed by atoms with Gasteiger partial charge in [-0.15, -0.1) is 0 Å². The van der Waals surface area contributed by atoms with E-state index in [0.29, 0.717) is 5.92 Å². The summed E-state index contributed by atoms with van der Waals surface area (Å²) in [5.41, 5.74) is 0.773. The number of aliphatic imine (C=N–C) groups is 1. The molecule has 1 unspecified atom stereocenters. The predicted molar refractivity (Wildman–Crippen MR) is 104 cm³/mol. The molecule has 0 aromatic heterocycles. The summed E-state index contributed by atoms with van der Waals surface area (Å²) in [6.07, 6.45) is 14.9. The van der Waals surface area contributed by atoms with Crippen LogP contribution in [0.3, 0.4) is 0 Å². The van der Waals surface area contributed by atoms with E-state index in [9.17, 15) is 4.79 Å². The van der Waals surface area contributed by atoms with Gasteiger partial charge in [-0.3, -0.25) is 14.7 Å². The molecule has 0 aromatic rings. The second kappa shape index (κ2) is 10.2. The Labute approximate surface area is 152 Å². The largest absolute Gasteiger partial charge is 0.331 e. The molecule has 0 aliphatic carbocycles. The maximum Gasteiger partial charge on any atom is 0.249 e. The lowest BCUT2D eigenvalue weighted by Crippen LogP contribution is -2.33. The van der Waals surface area contributed by atoms with E-state index in [4.69, 9.17) is 0 Å². The maximum atomic E-state index is 11.8. The summed E-state index contributed by atoms with van der Waals surface area (Å²) in [4.78, 5) is 20.7. The minimum atomic E-state index is -0.102. The summed E-state index contributed by atoms with van der Waals surface area (Å²) in [5, 5.41) is 2.87. The van der Waals surface area contributed by atoms with Crippen LogP contribution in [-0.2, 0) is 4.79 Å². The molecule has 0 aromatic carbocycles. The van der Waals surface area contributed by atoms with Crippen molar-refractivity contribution in [3.8, 4) is 0 Å². The van der Waals surface area contributed by atoms with Crippen LogP contribution in [0.5, 0.6) is 0 Å². The van der Waals surface area contributed by atoms with E-state index in [2.05, 4.69) is 39.2 Å². The summed E-state index contributed by atoms with van der Waals surface area (Å²) < 4.78 is 0. The second-order valence-corrected chi connectivity index (χ2v) is 6.64. The van der Waals surface area contributed by atoms with Crippen molar-refractivity contribution in [2.75, 3.05) is 33.2 Å². The highest BCUT2D eigenvalue weighted by Crippen LogP contribution is 2.15. The van der Waals surface area contributed by atoms with Gasteiger partial charge in [0.05, 0.1) is 5.70 Å². The lowest BCUT2D eigenvalue weighted by molar-refractivity contribution is -0.115. The first-order valence-electron chi connectivity index (χ1n) is 9.46. The fraction of sp³-hybridized carbons (Fsp3) is 0.600. The van der Waals surface area contributed by atoms with Crippen molar-refractivity contribution < 1.29 is 4.79 Å². The molecule has 1 atom stereocenters. The van der Waals surface area contributed by atoms with Crippen LogP contribution in [0.4, 0.5) is 0 Å². The van der Waals surface area contributed by atoms with Crippen molar-refractivity contribution in [2.24, 2.45) is 10.9 Å². The number of amides is 1. The molecule has 5 nitrogen and oxygen atoms in total. The van der Waals surface area contributed by atoms with Gasteiger partial charge in [0.25, 0.3) is 0 Å². The van der Waals surface area contributed by atoms with Gasteiger partial charge in [0.1, 0.15) is 0 Å². The third-order valence-electron chi connectivity index (χ3n) is 4.91. The third kappa shape index (κ3) is 5.85. The molecule has 1 N–H and O–H groups in total. The van der Waals surface area contributed by atoms with Crippen molar-refractivity contribution >= 4 is 11.7 Å². The molecule has 25 heavy (non-hydrogen) atoms. The molecule has 1 amide bonds. The lowest BCUT2D eigenvalue weighted by atomic mass is 10.0. The summed E-state index contributed by atoms with van der Waals surface area (Å²) >= 11 is 0. The Kier molecular flexibility index (Phi) is 7.92. The van der Waals surface area contributed by atoms with Gasteiger partial charge in [-0.2, -0.15) is 0 Å². The normalized spacial score (nSPS) is 23.6. The van der Waals surface area contributed by atoms with Gasteiger partial charge in [-0.25, -0.2) is 0 Å². The van der Waals surface area contributed by atoms with E-state index in [1.54, 1.807) is 13.1 Å². The van der Waals surface area contributed by atoms with E-state index in [1.165, 1.54) is 25.9 Å². The Morgan fingerprint density at radius 3 is 2.76 bits per heavy atom. The van der Waals surface area contributed by atoms with E-state index in [1.807, 2.05) is 19.2 Å². The Morgan fingerprint density at radius 2 is 2.12 bits per heavy atom. The first kappa shape index (κ1) is 19.4. The number of likely N-dealkylation sites (tertiary alicyclic amines) is 1. The number of hydrogen-bond donors (Lipinski definition) is 1. The highest BCUT2D eigenvalue weighted by molar-refractivity contribution is 6.05. The molecular formula is C20H32N4O. The van der Waals surface area contributed by atoms with Crippen LogP contribution >= 0.6 is 0 Å². The Balaban J connectivity index is 1.92. The highest BCUT2D eigenvalue weighted by Gasteiger charge is 2.19. The van der Waals surface area contributed by atoms with Gasteiger partial charge in [-0.1, -0.05) is 25.2 Å². The fourth-order valence-electron chi connectivity index (χ4n) is 3.35. The topological polar surface area (TPSA) is 47.9 Å². The van der Waals surface area contributed by atoms with Crippen molar-refractivity contribution in [3.05, 3.63) is 36.2 Å². The molecule has 2 heterocycles. The SMILES string of the molecule is C/C=C1/NC(=O)C=CN(CCC(/C=C/CN2CCCC2)CC)C1=NC. The van der Waals surface area contributed by atoms with Gasteiger partial charge in [0, 0.05) is 32.4 Å². The predicted octanol–water partition coefficient (Wildman–Crippen LogP) is 2.93. The van der Waals surface area contributed by atoms with Crippen molar-refractivity contribution in [2.45, 2.75) is 39.5 Å². The average Bonchev–Trinajstić information content (AvgIpc) is 3.08. The summed E-state index contributed by atoms with van der Waals surface area (Å²) in [6.45, 7) is 8.55. The number of amidine groups is 1. The van der Waals surface area contributed by atoms with Gasteiger partial charge in [0.15, 0.2) is 5.84 Å². The molecule has 5 heteroatoms. The Bertz CT molecular complexity index is 556. The molecule has 1 saturated heterocycles. The molecular weight excluding hydrogens is 312 g/mol. The first-order chi connectivity index (χ1) is 12.2. The van der Waals surface area contributed by atoms with Crippen molar-refractivity contribution in [1.29, 1.82) is 0 Å². The van der Waals surface area contributed by atoms with Crippen LogP contribution in [0.15, 0.2) is 41.2 Å². The van der Waals surface area contributed by atoms with Gasteiger partial charge < -0.3 is 10.2 Å². The van der Waals surface area contributed by atoms with Crippen LogP contribution in [0.1, 0.15) is 39.5 Å². The van der Waals surface area contributed by atoms with Crippen LogP contribution in [-0.4, -0.2) is 54.8 Å². The minimum absolute atomic E-state index is 0.102. The van der Waals surface area contributed by atoms with Crippen molar-refractivity contribution in [3.63, 3.8) is 0 Å². The van der Waals surface area contributed by atoms with Gasteiger partial charge >= 0.3 is 0 Å². The molecule has 138 valence electrons. The van der Waals surface area contributed by atoms with Crippen LogP contribution in [0.2, 0.25) is 0 Å². The first-order valence-corrected chi connectivity index (χ1v) is 9.46. The molecule has 0 radical (unpaired) electrons. The van der Waals surface area contributed by atoms with Crippen LogP contribution in [0, 0.1) is 5.92 Å². The molecule has 1 fully saturated rings. The lowest BCUT2D eigenvalue weighted by Gasteiger charge is -2.23. The van der Waals surface area contributed by atoms with Crippen molar-refractivity contribution in [1.82, 2.24) is 15.1 Å². The monoisotopic (exact) mass is 344 g/mol. The van der Waals surface area contributed by atoms with Crippen LogP contribution in [0.25, 0.3) is 0 Å². The van der Waals surface area contributed by atoms with Gasteiger partial charge in [-0.05, 0) is 51.6 Å². The zero-order valence-electron chi connectivity index (χ0n) is 15.9. The maximum absolute atomic E-state index is 11.8.